The van der Waals surface area contributed by atoms with Crippen LogP contribution in [0.3, 0.4) is 0 Å². The van der Waals surface area contributed by atoms with E-state index in [1.165, 1.54) is 6.07 Å². The Kier molecular flexibility index (Phi) is 4.49. The molecule has 1 unspecified atom stereocenters. The van der Waals surface area contributed by atoms with Crippen LogP contribution in [0.25, 0.3) is 5.69 Å². The van der Waals surface area contributed by atoms with Crippen LogP contribution in [0.4, 0.5) is 4.39 Å². The molecule has 0 amide bonds. The molecule has 0 aliphatic heterocycles. The number of nitrogens with zero attached hydrogens (tertiary/aromatic N) is 3. The van der Waals surface area contributed by atoms with E-state index in [1.54, 1.807) is 10.7 Å². The van der Waals surface area contributed by atoms with Crippen LogP contribution in [0.5, 0.6) is 0 Å². The monoisotopic (exact) mass is 276 g/mol. The smallest absolute Gasteiger partial charge is 0.149 e. The van der Waals surface area contributed by atoms with Crippen molar-refractivity contribution < 1.29 is 4.39 Å². The first kappa shape index (κ1) is 14.7. The highest BCUT2D eigenvalue weighted by molar-refractivity contribution is 5.42. The zero-order valence-corrected chi connectivity index (χ0v) is 12.4. The van der Waals surface area contributed by atoms with Crippen molar-refractivity contribution in [2.75, 3.05) is 7.05 Å². The minimum atomic E-state index is -0.270. The SMILES string of the molecule is CCc1c(C(CC)NC)nnn1-c1c(C)cccc1F. The van der Waals surface area contributed by atoms with E-state index in [9.17, 15) is 4.39 Å². The maximum Gasteiger partial charge on any atom is 0.149 e. The van der Waals surface area contributed by atoms with Gasteiger partial charge in [-0.05, 0) is 38.4 Å². The van der Waals surface area contributed by atoms with Gasteiger partial charge in [0.05, 0.1) is 11.7 Å². The first-order chi connectivity index (χ1) is 9.63. The molecule has 20 heavy (non-hydrogen) atoms. The molecule has 0 bridgehead atoms. The van der Waals surface area contributed by atoms with Crippen LogP contribution >= 0.6 is 0 Å². The standard InChI is InChI=1S/C15H21FN4/c1-5-12(17-4)14-13(6-2)20(19-18-14)15-10(3)8-7-9-11(15)16/h7-9,12,17H,5-6H2,1-4H3. The minimum Gasteiger partial charge on any atom is -0.312 e. The molecule has 1 aromatic carbocycles. The zero-order valence-electron chi connectivity index (χ0n) is 12.4. The molecular weight excluding hydrogens is 255 g/mol. The molecule has 2 rings (SSSR count). The second-order valence-corrected chi connectivity index (χ2v) is 4.84. The Morgan fingerprint density at radius 1 is 1.35 bits per heavy atom. The van der Waals surface area contributed by atoms with Crippen molar-refractivity contribution in [2.24, 2.45) is 0 Å². The van der Waals surface area contributed by atoms with Gasteiger partial charge in [0.15, 0.2) is 0 Å². The highest BCUT2D eigenvalue weighted by Gasteiger charge is 2.21. The lowest BCUT2D eigenvalue weighted by molar-refractivity contribution is 0.555. The summed E-state index contributed by atoms with van der Waals surface area (Å²) in [5, 5.41) is 11.7. The quantitative estimate of drug-likeness (QED) is 0.913. The summed E-state index contributed by atoms with van der Waals surface area (Å²) in [7, 11) is 1.90. The van der Waals surface area contributed by atoms with E-state index >= 15 is 0 Å². The predicted octanol–water partition coefficient (Wildman–Crippen LogP) is 2.95. The molecule has 1 aromatic heterocycles. The second-order valence-electron chi connectivity index (χ2n) is 4.84. The Hall–Kier alpha value is -1.75. The van der Waals surface area contributed by atoms with Crippen molar-refractivity contribution in [1.82, 2.24) is 20.3 Å². The number of aromatic nitrogens is 3. The van der Waals surface area contributed by atoms with Crippen molar-refractivity contribution in [1.29, 1.82) is 0 Å². The molecule has 0 saturated heterocycles. The summed E-state index contributed by atoms with van der Waals surface area (Å²) >= 11 is 0. The molecule has 0 fully saturated rings. The van der Waals surface area contributed by atoms with Gasteiger partial charge in [-0.15, -0.1) is 5.10 Å². The maximum atomic E-state index is 14.1. The van der Waals surface area contributed by atoms with E-state index in [-0.39, 0.29) is 11.9 Å². The van der Waals surface area contributed by atoms with E-state index in [4.69, 9.17) is 0 Å². The zero-order chi connectivity index (χ0) is 14.7. The van der Waals surface area contributed by atoms with Gasteiger partial charge in [-0.1, -0.05) is 31.2 Å². The highest BCUT2D eigenvalue weighted by atomic mass is 19.1. The van der Waals surface area contributed by atoms with E-state index in [0.29, 0.717) is 5.69 Å². The van der Waals surface area contributed by atoms with Crippen LogP contribution in [0.1, 0.15) is 43.3 Å². The number of hydrogen-bond donors (Lipinski definition) is 1. The third-order valence-electron chi connectivity index (χ3n) is 3.62. The van der Waals surface area contributed by atoms with Gasteiger partial charge in [-0.3, -0.25) is 0 Å². The van der Waals surface area contributed by atoms with Gasteiger partial charge < -0.3 is 5.32 Å². The molecule has 1 heterocycles. The molecule has 0 saturated carbocycles. The summed E-state index contributed by atoms with van der Waals surface area (Å²) in [6, 6.07) is 5.19. The lowest BCUT2D eigenvalue weighted by Gasteiger charge is -2.14. The van der Waals surface area contributed by atoms with Crippen LogP contribution in [-0.4, -0.2) is 22.0 Å². The summed E-state index contributed by atoms with van der Waals surface area (Å²) in [6.45, 7) is 6.01. The summed E-state index contributed by atoms with van der Waals surface area (Å²) in [5.74, 6) is -0.270. The summed E-state index contributed by atoms with van der Waals surface area (Å²) < 4.78 is 15.8. The fourth-order valence-electron chi connectivity index (χ4n) is 2.52. The summed E-state index contributed by atoms with van der Waals surface area (Å²) in [5.41, 5.74) is 3.21. The Morgan fingerprint density at radius 3 is 2.65 bits per heavy atom. The number of halogens is 1. The second kappa shape index (κ2) is 6.13. The Morgan fingerprint density at radius 2 is 2.10 bits per heavy atom. The van der Waals surface area contributed by atoms with Crippen LogP contribution in [0, 0.1) is 12.7 Å². The molecule has 108 valence electrons. The Balaban J connectivity index is 2.59. The highest BCUT2D eigenvalue weighted by Crippen LogP contribution is 2.24. The van der Waals surface area contributed by atoms with Gasteiger partial charge in [-0.25, -0.2) is 9.07 Å². The molecule has 4 nitrogen and oxygen atoms in total. The largest absolute Gasteiger partial charge is 0.312 e. The molecule has 2 aromatic rings. The number of hydrogen-bond acceptors (Lipinski definition) is 3. The number of para-hydroxylation sites is 1. The lowest BCUT2D eigenvalue weighted by Crippen LogP contribution is -2.18. The summed E-state index contributed by atoms with van der Waals surface area (Å²) in [6.07, 6.45) is 1.67. The average molecular weight is 276 g/mol. The molecule has 0 radical (unpaired) electrons. The van der Waals surface area contributed by atoms with Crippen LogP contribution in [-0.2, 0) is 6.42 Å². The molecule has 1 N–H and O–H groups in total. The van der Waals surface area contributed by atoms with E-state index < -0.39 is 0 Å². The number of aryl methyl sites for hydroxylation is 1. The van der Waals surface area contributed by atoms with Gasteiger partial charge >= 0.3 is 0 Å². The van der Waals surface area contributed by atoms with Gasteiger partial charge in [0.2, 0.25) is 0 Å². The molecule has 0 spiro atoms. The molecule has 5 heteroatoms. The molecular formula is C15H21FN4. The fourth-order valence-corrected chi connectivity index (χ4v) is 2.52. The first-order valence-corrected chi connectivity index (χ1v) is 7.01. The van der Waals surface area contributed by atoms with Crippen molar-refractivity contribution in [3.8, 4) is 5.69 Å². The molecule has 0 aliphatic carbocycles. The van der Waals surface area contributed by atoms with Crippen molar-refractivity contribution in [3.05, 3.63) is 41.0 Å². The van der Waals surface area contributed by atoms with Crippen LogP contribution < -0.4 is 5.32 Å². The Labute approximate surface area is 119 Å². The molecule has 1 atom stereocenters. The predicted molar refractivity (Wildman–Crippen MR) is 77.5 cm³/mol. The van der Waals surface area contributed by atoms with E-state index in [0.717, 1.165) is 29.8 Å². The number of rotatable bonds is 5. The number of benzene rings is 1. The topological polar surface area (TPSA) is 42.7 Å². The van der Waals surface area contributed by atoms with Crippen molar-refractivity contribution in [3.63, 3.8) is 0 Å². The van der Waals surface area contributed by atoms with Gasteiger partial charge in [0.25, 0.3) is 0 Å². The van der Waals surface area contributed by atoms with Gasteiger partial charge in [0, 0.05) is 0 Å². The maximum absolute atomic E-state index is 14.1. The average Bonchev–Trinajstić information content (AvgIpc) is 2.84. The fraction of sp³-hybridized carbons (Fsp3) is 0.467. The van der Waals surface area contributed by atoms with Gasteiger partial charge in [0.1, 0.15) is 17.2 Å². The third-order valence-corrected chi connectivity index (χ3v) is 3.62. The van der Waals surface area contributed by atoms with E-state index in [1.807, 2.05) is 27.0 Å². The Bertz CT molecular complexity index is 567. The van der Waals surface area contributed by atoms with Gasteiger partial charge in [-0.2, -0.15) is 0 Å². The molecule has 0 aliphatic rings. The number of nitrogens with one attached hydrogen (secondary N) is 1. The van der Waals surface area contributed by atoms with E-state index in [2.05, 4.69) is 22.6 Å². The normalized spacial score (nSPS) is 12.7. The van der Waals surface area contributed by atoms with Crippen molar-refractivity contribution >= 4 is 0 Å². The summed E-state index contributed by atoms with van der Waals surface area (Å²) in [4.78, 5) is 0. The minimum absolute atomic E-state index is 0.144. The van der Waals surface area contributed by atoms with Crippen LogP contribution in [0.15, 0.2) is 18.2 Å². The van der Waals surface area contributed by atoms with Crippen molar-refractivity contribution in [2.45, 2.75) is 39.7 Å². The third kappa shape index (κ3) is 2.45. The lowest BCUT2D eigenvalue weighted by atomic mass is 10.1. The van der Waals surface area contributed by atoms with Crippen LogP contribution in [0.2, 0.25) is 0 Å². The first-order valence-electron chi connectivity index (χ1n) is 7.01.